The molecular formula is C13H13Br2NO2S. The van der Waals surface area contributed by atoms with Crippen LogP contribution in [0.4, 0.5) is 0 Å². The van der Waals surface area contributed by atoms with Crippen LogP contribution in [0.3, 0.4) is 0 Å². The lowest BCUT2D eigenvalue weighted by molar-refractivity contribution is 0.586. The van der Waals surface area contributed by atoms with Crippen molar-refractivity contribution in [3.8, 4) is 0 Å². The summed E-state index contributed by atoms with van der Waals surface area (Å²) in [4.78, 5) is 0.303. The molecule has 0 unspecified atom stereocenters. The van der Waals surface area contributed by atoms with Crippen LogP contribution in [0.1, 0.15) is 16.8 Å². The Labute approximate surface area is 129 Å². The Morgan fingerprint density at radius 1 is 1.11 bits per heavy atom. The molecule has 102 valence electrons. The van der Waals surface area contributed by atoms with Crippen molar-refractivity contribution in [1.29, 1.82) is 0 Å². The summed E-state index contributed by atoms with van der Waals surface area (Å²) in [6, 6.07) is 8.74. The molecule has 0 fully saturated rings. The summed E-state index contributed by atoms with van der Waals surface area (Å²) in [6.45, 7) is 1.93. The van der Waals surface area contributed by atoms with Gasteiger partial charge in [0.1, 0.15) is 0 Å². The quantitative estimate of drug-likeness (QED) is 0.724. The summed E-state index contributed by atoms with van der Waals surface area (Å²) < 4.78 is 26.5. The van der Waals surface area contributed by atoms with Gasteiger partial charge in [0.25, 0.3) is 10.0 Å². The van der Waals surface area contributed by atoms with E-state index < -0.39 is 10.0 Å². The topological polar surface area (TPSA) is 39.1 Å². The van der Waals surface area contributed by atoms with Crippen LogP contribution in [0.25, 0.3) is 0 Å². The molecule has 1 aromatic carbocycles. The van der Waals surface area contributed by atoms with Crippen molar-refractivity contribution in [1.82, 2.24) is 3.97 Å². The third-order valence-electron chi connectivity index (χ3n) is 2.79. The molecular weight excluding hydrogens is 394 g/mol. The molecule has 3 nitrogen and oxygen atoms in total. The zero-order valence-electron chi connectivity index (χ0n) is 10.3. The minimum Gasteiger partial charge on any atom is -0.245 e. The van der Waals surface area contributed by atoms with Gasteiger partial charge in [-0.15, -0.1) is 0 Å². The zero-order chi connectivity index (χ0) is 14.0. The van der Waals surface area contributed by atoms with E-state index in [-0.39, 0.29) is 0 Å². The highest BCUT2D eigenvalue weighted by Crippen LogP contribution is 2.22. The van der Waals surface area contributed by atoms with Crippen LogP contribution < -0.4 is 0 Å². The van der Waals surface area contributed by atoms with E-state index in [0.717, 1.165) is 16.8 Å². The monoisotopic (exact) mass is 405 g/mol. The molecule has 6 heteroatoms. The molecule has 19 heavy (non-hydrogen) atoms. The second kappa shape index (κ2) is 5.81. The van der Waals surface area contributed by atoms with Crippen LogP contribution >= 0.6 is 31.9 Å². The summed E-state index contributed by atoms with van der Waals surface area (Å²) in [7, 11) is -3.52. The number of benzene rings is 1. The first-order valence-corrected chi connectivity index (χ1v) is 9.31. The fraction of sp³-hybridized carbons (Fsp3) is 0.231. The Kier molecular flexibility index (Phi) is 4.53. The Balaban J connectivity index is 2.55. The van der Waals surface area contributed by atoms with Gasteiger partial charge in [0.2, 0.25) is 0 Å². The van der Waals surface area contributed by atoms with Gasteiger partial charge in [-0.25, -0.2) is 12.4 Å². The first kappa shape index (κ1) is 14.8. The number of nitrogens with zero attached hydrogens (tertiary/aromatic N) is 1. The Morgan fingerprint density at radius 3 is 2.26 bits per heavy atom. The van der Waals surface area contributed by atoms with Crippen molar-refractivity contribution < 1.29 is 8.42 Å². The Bertz CT molecular complexity index is 675. The molecule has 0 aliphatic carbocycles. The number of halogens is 2. The lowest BCUT2D eigenvalue weighted by Gasteiger charge is -2.09. The van der Waals surface area contributed by atoms with E-state index in [4.69, 9.17) is 0 Å². The van der Waals surface area contributed by atoms with E-state index in [1.54, 1.807) is 30.5 Å². The maximum Gasteiger partial charge on any atom is 0.267 e. The van der Waals surface area contributed by atoms with Crippen molar-refractivity contribution in [3.63, 3.8) is 0 Å². The summed E-state index contributed by atoms with van der Waals surface area (Å²) in [5, 5.41) is 1.12. The number of alkyl halides is 2. The summed E-state index contributed by atoms with van der Waals surface area (Å²) in [5.41, 5.74) is 2.69. The highest BCUT2D eigenvalue weighted by Gasteiger charge is 2.20. The smallest absolute Gasteiger partial charge is 0.245 e. The molecule has 0 spiro atoms. The van der Waals surface area contributed by atoms with Crippen molar-refractivity contribution in [2.75, 3.05) is 0 Å². The molecule has 0 atom stereocenters. The van der Waals surface area contributed by atoms with Gasteiger partial charge in [-0.2, -0.15) is 0 Å². The number of hydrogen-bond donors (Lipinski definition) is 0. The molecule has 0 amide bonds. The number of rotatable bonds is 4. The van der Waals surface area contributed by atoms with Gasteiger partial charge < -0.3 is 0 Å². The molecule has 1 aromatic heterocycles. The summed E-state index contributed by atoms with van der Waals surface area (Å²) >= 11 is 6.67. The van der Waals surface area contributed by atoms with Crippen molar-refractivity contribution in [2.45, 2.75) is 22.5 Å². The molecule has 1 heterocycles. The molecule has 2 aromatic rings. The van der Waals surface area contributed by atoms with Crippen LogP contribution in [-0.4, -0.2) is 12.4 Å². The molecule has 0 N–H and O–H groups in total. The van der Waals surface area contributed by atoms with Crippen LogP contribution in [0, 0.1) is 6.92 Å². The maximum absolute atomic E-state index is 12.6. The Hall–Kier alpha value is -0.590. The van der Waals surface area contributed by atoms with Crippen LogP contribution in [0.2, 0.25) is 0 Å². The summed E-state index contributed by atoms with van der Waals surface area (Å²) in [6.07, 6.45) is 1.65. The van der Waals surface area contributed by atoms with Gasteiger partial charge in [0.05, 0.1) is 4.90 Å². The number of aromatic nitrogens is 1. The van der Waals surface area contributed by atoms with Crippen molar-refractivity contribution >= 4 is 41.9 Å². The van der Waals surface area contributed by atoms with Crippen LogP contribution in [-0.2, 0) is 20.7 Å². The second-order valence-corrected chi connectivity index (χ2v) is 7.16. The van der Waals surface area contributed by atoms with Gasteiger partial charge in [0, 0.05) is 22.6 Å². The zero-order valence-corrected chi connectivity index (χ0v) is 14.3. The maximum atomic E-state index is 12.6. The average molecular weight is 407 g/mol. The predicted octanol–water partition coefficient (Wildman–Crippen LogP) is 3.82. The third-order valence-corrected chi connectivity index (χ3v) is 5.73. The van der Waals surface area contributed by atoms with Gasteiger partial charge in [-0.1, -0.05) is 49.6 Å². The van der Waals surface area contributed by atoms with Gasteiger partial charge in [-0.05, 0) is 30.7 Å². The van der Waals surface area contributed by atoms with Gasteiger partial charge >= 0.3 is 0 Å². The lowest BCUT2D eigenvalue weighted by Crippen LogP contribution is -2.14. The minimum atomic E-state index is -3.52. The minimum absolute atomic E-state index is 0.303. The van der Waals surface area contributed by atoms with E-state index in [9.17, 15) is 8.42 Å². The molecule has 0 saturated carbocycles. The van der Waals surface area contributed by atoms with Gasteiger partial charge in [0.15, 0.2) is 0 Å². The molecule has 0 aliphatic heterocycles. The molecule has 0 radical (unpaired) electrons. The number of hydrogen-bond acceptors (Lipinski definition) is 2. The van der Waals surface area contributed by atoms with Crippen LogP contribution in [0.5, 0.6) is 0 Å². The molecule has 0 aliphatic rings. The Morgan fingerprint density at radius 2 is 1.74 bits per heavy atom. The van der Waals surface area contributed by atoms with E-state index >= 15 is 0 Å². The number of aryl methyl sites for hydroxylation is 1. The fourth-order valence-corrected chi connectivity index (χ4v) is 4.08. The van der Waals surface area contributed by atoms with E-state index in [2.05, 4.69) is 31.9 Å². The van der Waals surface area contributed by atoms with E-state index in [0.29, 0.717) is 15.6 Å². The third kappa shape index (κ3) is 2.95. The highest BCUT2D eigenvalue weighted by molar-refractivity contribution is 9.08. The lowest BCUT2D eigenvalue weighted by atomic mass is 10.2. The largest absolute Gasteiger partial charge is 0.267 e. The van der Waals surface area contributed by atoms with E-state index in [1.165, 1.54) is 3.97 Å². The average Bonchev–Trinajstić information content (AvgIpc) is 2.83. The summed E-state index contributed by atoms with van der Waals surface area (Å²) in [5.74, 6) is 0. The predicted molar refractivity (Wildman–Crippen MR) is 83.5 cm³/mol. The molecule has 0 bridgehead atoms. The standard InChI is InChI=1S/C13H13Br2NO2S/c1-10-2-4-13(5-3-10)19(17,18)16-9-11(7-14)6-12(16)8-15/h2-6,9H,7-8H2,1H3. The second-order valence-electron chi connectivity index (χ2n) is 4.22. The first-order chi connectivity index (χ1) is 8.98. The van der Waals surface area contributed by atoms with Gasteiger partial charge in [-0.3, -0.25) is 0 Å². The van der Waals surface area contributed by atoms with E-state index in [1.807, 2.05) is 13.0 Å². The molecule has 2 rings (SSSR count). The fourth-order valence-electron chi connectivity index (χ4n) is 1.77. The first-order valence-electron chi connectivity index (χ1n) is 5.63. The SMILES string of the molecule is Cc1ccc(S(=O)(=O)n2cc(CBr)cc2CBr)cc1. The highest BCUT2D eigenvalue weighted by atomic mass is 79.9. The molecule has 0 saturated heterocycles. The normalized spacial score (nSPS) is 11.7. The van der Waals surface area contributed by atoms with Crippen molar-refractivity contribution in [3.05, 3.63) is 53.3 Å². The van der Waals surface area contributed by atoms with Crippen LogP contribution in [0.15, 0.2) is 41.4 Å². The van der Waals surface area contributed by atoms with Crippen molar-refractivity contribution in [2.24, 2.45) is 0 Å².